The van der Waals surface area contributed by atoms with E-state index in [9.17, 15) is 4.79 Å². The maximum absolute atomic E-state index is 11.7. The van der Waals surface area contributed by atoms with Crippen molar-refractivity contribution < 1.29 is 4.79 Å². The summed E-state index contributed by atoms with van der Waals surface area (Å²) in [5, 5.41) is 6.34. The smallest absolute Gasteiger partial charge is 0.251 e. The van der Waals surface area contributed by atoms with Crippen molar-refractivity contribution in [2.24, 2.45) is 0 Å². The molecule has 0 unspecified atom stereocenters. The van der Waals surface area contributed by atoms with Gasteiger partial charge in [0.25, 0.3) is 5.91 Å². The molecule has 0 radical (unpaired) electrons. The minimum atomic E-state index is -0.0396. The zero-order valence-corrected chi connectivity index (χ0v) is 14.2. The van der Waals surface area contributed by atoms with Gasteiger partial charge in [-0.1, -0.05) is 36.4 Å². The van der Waals surface area contributed by atoms with Crippen molar-refractivity contribution in [1.82, 2.24) is 10.6 Å². The highest BCUT2D eigenvalue weighted by molar-refractivity contribution is 7.99. The van der Waals surface area contributed by atoms with Gasteiger partial charge < -0.3 is 10.6 Å². The Morgan fingerprint density at radius 2 is 2.09 bits per heavy atom. The van der Waals surface area contributed by atoms with Gasteiger partial charge in [-0.3, -0.25) is 4.79 Å². The summed E-state index contributed by atoms with van der Waals surface area (Å²) >= 11 is 2.00. The van der Waals surface area contributed by atoms with E-state index in [0.717, 1.165) is 24.3 Å². The molecule has 23 heavy (non-hydrogen) atoms. The zero-order chi connectivity index (χ0) is 16.1. The standard InChI is InChI=1S/C19H22N2OS/c1-20-19(22)16-7-4-5-14(11-16)12-21-18-13-23-10-9-15-6-2-3-8-17(15)18/h2-8,11,18,21H,9-10,12-13H2,1H3,(H,20,22)/t18-/m0/s1. The largest absolute Gasteiger partial charge is 0.355 e. The van der Waals surface area contributed by atoms with Crippen molar-refractivity contribution >= 4 is 17.7 Å². The number of rotatable bonds is 4. The number of nitrogens with one attached hydrogen (secondary N) is 2. The SMILES string of the molecule is CNC(=O)c1cccc(CN[C@H]2CSCCc3ccccc32)c1. The van der Waals surface area contributed by atoms with E-state index < -0.39 is 0 Å². The Bertz CT molecular complexity index is 687. The lowest BCUT2D eigenvalue weighted by molar-refractivity contribution is 0.0963. The van der Waals surface area contributed by atoms with Crippen LogP contribution in [0.2, 0.25) is 0 Å². The first-order chi connectivity index (χ1) is 11.3. The van der Waals surface area contributed by atoms with Gasteiger partial charge in [-0.2, -0.15) is 11.8 Å². The fraction of sp³-hybridized carbons (Fsp3) is 0.316. The monoisotopic (exact) mass is 326 g/mol. The molecule has 0 spiro atoms. The highest BCUT2D eigenvalue weighted by Gasteiger charge is 2.18. The molecular weight excluding hydrogens is 304 g/mol. The predicted molar refractivity (Wildman–Crippen MR) is 96.9 cm³/mol. The van der Waals surface area contributed by atoms with Crippen LogP contribution in [-0.4, -0.2) is 24.5 Å². The molecule has 120 valence electrons. The number of carbonyl (C=O) groups is 1. The number of aryl methyl sites for hydroxylation is 1. The molecule has 0 aromatic heterocycles. The number of benzene rings is 2. The number of amides is 1. The molecule has 1 amide bonds. The van der Waals surface area contributed by atoms with Gasteiger partial charge in [0.15, 0.2) is 0 Å². The molecule has 2 aromatic rings. The van der Waals surface area contributed by atoms with Gasteiger partial charge in [0.2, 0.25) is 0 Å². The summed E-state index contributed by atoms with van der Waals surface area (Å²) in [7, 11) is 1.66. The van der Waals surface area contributed by atoms with Crippen LogP contribution < -0.4 is 10.6 Å². The third-order valence-electron chi connectivity index (χ3n) is 4.20. The Kier molecular flexibility index (Phi) is 5.36. The normalized spacial score (nSPS) is 17.2. The van der Waals surface area contributed by atoms with Gasteiger partial charge in [0.1, 0.15) is 0 Å². The van der Waals surface area contributed by atoms with Crippen LogP contribution in [0, 0.1) is 0 Å². The van der Waals surface area contributed by atoms with Crippen LogP contribution in [0.5, 0.6) is 0 Å². The van der Waals surface area contributed by atoms with E-state index in [-0.39, 0.29) is 5.91 Å². The van der Waals surface area contributed by atoms with E-state index in [0.29, 0.717) is 11.6 Å². The van der Waals surface area contributed by atoms with Crippen LogP contribution in [0.15, 0.2) is 48.5 Å². The molecule has 1 aliphatic heterocycles. The molecular formula is C19H22N2OS. The molecule has 2 aromatic carbocycles. The molecule has 2 N–H and O–H groups in total. The molecule has 0 saturated heterocycles. The molecule has 0 fully saturated rings. The Morgan fingerprint density at radius 3 is 2.96 bits per heavy atom. The van der Waals surface area contributed by atoms with Crippen LogP contribution in [-0.2, 0) is 13.0 Å². The third kappa shape index (κ3) is 3.95. The maximum Gasteiger partial charge on any atom is 0.251 e. The fourth-order valence-electron chi connectivity index (χ4n) is 2.95. The molecule has 1 heterocycles. The van der Waals surface area contributed by atoms with Gasteiger partial charge in [0.05, 0.1) is 0 Å². The number of hydrogen-bond acceptors (Lipinski definition) is 3. The highest BCUT2D eigenvalue weighted by Crippen LogP contribution is 2.27. The Morgan fingerprint density at radius 1 is 1.22 bits per heavy atom. The van der Waals surface area contributed by atoms with E-state index in [1.807, 2.05) is 30.0 Å². The Balaban J connectivity index is 1.72. The molecule has 3 nitrogen and oxygen atoms in total. The minimum Gasteiger partial charge on any atom is -0.355 e. The second kappa shape index (κ2) is 7.66. The van der Waals surface area contributed by atoms with Gasteiger partial charge in [-0.15, -0.1) is 0 Å². The van der Waals surface area contributed by atoms with Crippen molar-refractivity contribution in [2.75, 3.05) is 18.6 Å². The second-order valence-corrected chi connectivity index (χ2v) is 6.89. The number of fused-ring (bicyclic) bond motifs is 1. The molecule has 0 bridgehead atoms. The van der Waals surface area contributed by atoms with Crippen molar-refractivity contribution in [2.45, 2.75) is 19.0 Å². The summed E-state index contributed by atoms with van der Waals surface area (Å²) < 4.78 is 0. The second-order valence-electron chi connectivity index (χ2n) is 5.74. The third-order valence-corrected chi connectivity index (χ3v) is 5.26. The van der Waals surface area contributed by atoms with Crippen molar-refractivity contribution in [1.29, 1.82) is 0 Å². The number of hydrogen-bond donors (Lipinski definition) is 2. The zero-order valence-electron chi connectivity index (χ0n) is 13.3. The first-order valence-electron chi connectivity index (χ1n) is 7.98. The molecule has 1 atom stereocenters. The highest BCUT2D eigenvalue weighted by atomic mass is 32.2. The minimum absolute atomic E-state index is 0.0396. The molecule has 4 heteroatoms. The summed E-state index contributed by atoms with van der Waals surface area (Å²) in [5.74, 6) is 2.23. The average molecular weight is 326 g/mol. The lowest BCUT2D eigenvalue weighted by atomic mass is 9.99. The average Bonchev–Trinajstić information content (AvgIpc) is 2.82. The van der Waals surface area contributed by atoms with E-state index in [1.54, 1.807) is 7.05 Å². The van der Waals surface area contributed by atoms with E-state index in [1.165, 1.54) is 16.9 Å². The summed E-state index contributed by atoms with van der Waals surface area (Å²) in [6, 6.07) is 16.9. The molecule has 0 aliphatic carbocycles. The van der Waals surface area contributed by atoms with Gasteiger partial charge in [-0.25, -0.2) is 0 Å². The summed E-state index contributed by atoms with van der Waals surface area (Å²) in [5.41, 5.74) is 4.72. The van der Waals surface area contributed by atoms with Crippen molar-refractivity contribution in [3.05, 3.63) is 70.8 Å². The van der Waals surface area contributed by atoms with Gasteiger partial charge >= 0.3 is 0 Å². The topological polar surface area (TPSA) is 41.1 Å². The Labute approximate surface area is 141 Å². The van der Waals surface area contributed by atoms with E-state index in [2.05, 4.69) is 41.0 Å². The quantitative estimate of drug-likeness (QED) is 0.907. The van der Waals surface area contributed by atoms with Crippen LogP contribution >= 0.6 is 11.8 Å². The maximum atomic E-state index is 11.7. The molecule has 0 saturated carbocycles. The Hall–Kier alpha value is -1.78. The summed E-state index contributed by atoms with van der Waals surface area (Å²) in [6.45, 7) is 0.768. The van der Waals surface area contributed by atoms with Gasteiger partial charge in [-0.05, 0) is 41.0 Å². The predicted octanol–water partition coefficient (Wildman–Crippen LogP) is 3.17. The lowest BCUT2D eigenvalue weighted by Gasteiger charge is -2.19. The lowest BCUT2D eigenvalue weighted by Crippen LogP contribution is -2.23. The van der Waals surface area contributed by atoms with Crippen LogP contribution in [0.3, 0.4) is 0 Å². The first-order valence-corrected chi connectivity index (χ1v) is 9.13. The summed E-state index contributed by atoms with van der Waals surface area (Å²) in [4.78, 5) is 11.7. The van der Waals surface area contributed by atoms with Crippen molar-refractivity contribution in [3.63, 3.8) is 0 Å². The summed E-state index contributed by atoms with van der Waals surface area (Å²) in [6.07, 6.45) is 1.14. The first kappa shape index (κ1) is 16.1. The molecule has 3 rings (SSSR count). The van der Waals surface area contributed by atoms with E-state index in [4.69, 9.17) is 0 Å². The van der Waals surface area contributed by atoms with E-state index >= 15 is 0 Å². The number of carbonyl (C=O) groups excluding carboxylic acids is 1. The fourth-order valence-corrected chi connectivity index (χ4v) is 4.02. The molecule has 1 aliphatic rings. The number of thioether (sulfide) groups is 1. The van der Waals surface area contributed by atoms with Crippen LogP contribution in [0.25, 0.3) is 0 Å². The van der Waals surface area contributed by atoms with Gasteiger partial charge in [0, 0.05) is 31.0 Å². The van der Waals surface area contributed by atoms with Crippen LogP contribution in [0.4, 0.5) is 0 Å². The van der Waals surface area contributed by atoms with Crippen LogP contribution in [0.1, 0.15) is 33.1 Å². The van der Waals surface area contributed by atoms with Crippen molar-refractivity contribution in [3.8, 4) is 0 Å².